The quantitative estimate of drug-likeness (QED) is 0.803. The molecule has 0 bridgehead atoms. The maximum atomic E-state index is 13.7. The van der Waals surface area contributed by atoms with Gasteiger partial charge < -0.3 is 10.8 Å². The molecule has 5 nitrogen and oxygen atoms in total. The summed E-state index contributed by atoms with van der Waals surface area (Å²) in [4.78, 5) is -0.676. The summed E-state index contributed by atoms with van der Waals surface area (Å²) in [5.41, 5.74) is 3.24. The summed E-state index contributed by atoms with van der Waals surface area (Å²) < 4.78 is 51.9. The number of nitrogens with zero attached hydrogens (tertiary/aromatic N) is 1. The van der Waals surface area contributed by atoms with Crippen LogP contribution in [0.25, 0.3) is 0 Å². The lowest BCUT2D eigenvalue weighted by molar-refractivity contribution is -0.0614. The fourth-order valence-corrected chi connectivity index (χ4v) is 3.57. The molecule has 1 aliphatic rings. The number of sulfonamides is 1. The first-order valence-electron chi connectivity index (χ1n) is 5.67. The molecule has 1 aromatic rings. The van der Waals surface area contributed by atoms with Gasteiger partial charge in [0, 0.05) is 13.1 Å². The van der Waals surface area contributed by atoms with E-state index in [4.69, 9.17) is 5.73 Å². The number of aliphatic hydroxyl groups is 1. The van der Waals surface area contributed by atoms with E-state index in [2.05, 4.69) is 0 Å². The smallest absolute Gasteiger partial charge is 0.246 e. The normalized spacial score (nSPS) is 19.2. The molecular weight excluding hydrogens is 278 g/mol. The molecule has 0 unspecified atom stereocenters. The zero-order chi connectivity index (χ0) is 14.4. The van der Waals surface area contributed by atoms with Gasteiger partial charge in [0.1, 0.15) is 16.4 Å². The lowest BCUT2D eigenvalue weighted by Crippen LogP contribution is -2.62. The standard InChI is InChI=1S/C11H14F2N2O3S/c1-2-11(16)5-15(6-11)19(17,18)8-4-3-7(12)10(14)9(8)13/h3-4,16H,2,5-6,14H2,1H3. The summed E-state index contributed by atoms with van der Waals surface area (Å²) in [6.07, 6.45) is 0.396. The number of halogens is 2. The van der Waals surface area contributed by atoms with Crippen molar-refractivity contribution in [2.75, 3.05) is 18.8 Å². The zero-order valence-electron chi connectivity index (χ0n) is 10.2. The van der Waals surface area contributed by atoms with Gasteiger partial charge in [-0.25, -0.2) is 17.2 Å². The van der Waals surface area contributed by atoms with E-state index in [-0.39, 0.29) is 13.1 Å². The number of hydrogen-bond donors (Lipinski definition) is 2. The highest BCUT2D eigenvalue weighted by Crippen LogP contribution is 2.32. The van der Waals surface area contributed by atoms with Gasteiger partial charge in [0.15, 0.2) is 5.82 Å². The molecule has 0 saturated carbocycles. The maximum absolute atomic E-state index is 13.7. The Bertz CT molecular complexity index is 613. The van der Waals surface area contributed by atoms with Crippen LogP contribution < -0.4 is 5.73 Å². The third-order valence-corrected chi connectivity index (χ3v) is 5.12. The van der Waals surface area contributed by atoms with E-state index in [1.807, 2.05) is 0 Å². The fourth-order valence-electron chi connectivity index (χ4n) is 1.89. The minimum atomic E-state index is -4.10. The predicted octanol–water partition coefficient (Wildman–Crippen LogP) is 0.692. The van der Waals surface area contributed by atoms with Crippen LogP contribution in [0, 0.1) is 11.6 Å². The minimum Gasteiger partial charge on any atom is -0.394 e. The molecule has 8 heteroatoms. The highest BCUT2D eigenvalue weighted by molar-refractivity contribution is 7.89. The van der Waals surface area contributed by atoms with Crippen molar-refractivity contribution in [3.8, 4) is 0 Å². The SMILES string of the molecule is CCC1(O)CN(S(=O)(=O)c2ccc(F)c(N)c2F)C1. The van der Waals surface area contributed by atoms with E-state index in [0.29, 0.717) is 6.42 Å². The van der Waals surface area contributed by atoms with Crippen LogP contribution in [0.15, 0.2) is 17.0 Å². The van der Waals surface area contributed by atoms with Crippen molar-refractivity contribution in [1.29, 1.82) is 0 Å². The van der Waals surface area contributed by atoms with E-state index in [1.165, 1.54) is 0 Å². The van der Waals surface area contributed by atoms with Crippen molar-refractivity contribution in [3.05, 3.63) is 23.8 Å². The topological polar surface area (TPSA) is 83.6 Å². The number of nitrogen functional groups attached to an aromatic ring is 1. The number of nitrogens with two attached hydrogens (primary N) is 1. The van der Waals surface area contributed by atoms with Gasteiger partial charge in [-0.1, -0.05) is 6.92 Å². The van der Waals surface area contributed by atoms with E-state index >= 15 is 0 Å². The number of β-amino-alcohol motifs (C(OH)–C–C–N with tert-alkyl or cyclic N) is 1. The van der Waals surface area contributed by atoms with Gasteiger partial charge >= 0.3 is 0 Å². The fraction of sp³-hybridized carbons (Fsp3) is 0.455. The van der Waals surface area contributed by atoms with Crippen molar-refractivity contribution in [1.82, 2.24) is 4.31 Å². The second kappa shape index (κ2) is 4.39. The van der Waals surface area contributed by atoms with Gasteiger partial charge in [0.25, 0.3) is 0 Å². The average molecular weight is 292 g/mol. The Hall–Kier alpha value is -1.25. The third-order valence-electron chi connectivity index (χ3n) is 3.31. The first kappa shape index (κ1) is 14.2. The van der Waals surface area contributed by atoms with E-state index in [9.17, 15) is 22.3 Å². The number of rotatable bonds is 3. The van der Waals surface area contributed by atoms with Gasteiger partial charge in [-0.2, -0.15) is 4.31 Å². The first-order valence-corrected chi connectivity index (χ1v) is 7.11. The molecule has 3 N–H and O–H groups in total. The molecular formula is C11H14F2N2O3S. The van der Waals surface area contributed by atoms with Crippen molar-refractivity contribution in [3.63, 3.8) is 0 Å². The Morgan fingerprint density at radius 3 is 2.53 bits per heavy atom. The van der Waals surface area contributed by atoms with Gasteiger partial charge in [0.05, 0.1) is 5.60 Å². The summed E-state index contributed by atoms with van der Waals surface area (Å²) in [6, 6.07) is 1.64. The maximum Gasteiger partial charge on any atom is 0.246 e. The predicted molar refractivity (Wildman–Crippen MR) is 64.8 cm³/mol. The Labute approximate surface area is 109 Å². The lowest BCUT2D eigenvalue weighted by Gasteiger charge is -2.44. The molecule has 1 saturated heterocycles. The van der Waals surface area contributed by atoms with Gasteiger partial charge in [0.2, 0.25) is 10.0 Å². The van der Waals surface area contributed by atoms with Crippen LogP contribution in [0.4, 0.5) is 14.5 Å². The molecule has 1 aromatic carbocycles. The summed E-state index contributed by atoms with van der Waals surface area (Å²) in [6.45, 7) is 1.51. The van der Waals surface area contributed by atoms with Crippen molar-refractivity contribution >= 4 is 15.7 Å². The van der Waals surface area contributed by atoms with Crippen LogP contribution in [0.1, 0.15) is 13.3 Å². The molecule has 1 heterocycles. The molecule has 0 spiro atoms. The zero-order valence-corrected chi connectivity index (χ0v) is 11.0. The average Bonchev–Trinajstić information content (AvgIpc) is 2.31. The number of hydrogen-bond acceptors (Lipinski definition) is 4. The highest BCUT2D eigenvalue weighted by Gasteiger charge is 2.46. The Morgan fingerprint density at radius 2 is 2.00 bits per heavy atom. The van der Waals surface area contributed by atoms with Crippen LogP contribution in [0.5, 0.6) is 0 Å². The molecule has 0 aliphatic carbocycles. The largest absolute Gasteiger partial charge is 0.394 e. The summed E-state index contributed by atoms with van der Waals surface area (Å²) in [5.74, 6) is -2.31. The van der Waals surface area contributed by atoms with Crippen LogP contribution in [0.2, 0.25) is 0 Å². The lowest BCUT2D eigenvalue weighted by atomic mass is 9.94. The van der Waals surface area contributed by atoms with Crippen LogP contribution in [-0.2, 0) is 10.0 Å². The number of benzene rings is 1. The monoisotopic (exact) mass is 292 g/mol. The van der Waals surface area contributed by atoms with Crippen LogP contribution in [0.3, 0.4) is 0 Å². The van der Waals surface area contributed by atoms with Gasteiger partial charge in [-0.3, -0.25) is 0 Å². The van der Waals surface area contributed by atoms with Gasteiger partial charge in [-0.15, -0.1) is 0 Å². The van der Waals surface area contributed by atoms with Crippen molar-refractivity contribution in [2.24, 2.45) is 0 Å². The molecule has 19 heavy (non-hydrogen) atoms. The van der Waals surface area contributed by atoms with Gasteiger partial charge in [-0.05, 0) is 18.6 Å². The second-order valence-electron chi connectivity index (χ2n) is 4.62. The van der Waals surface area contributed by atoms with E-state index in [0.717, 1.165) is 16.4 Å². The van der Waals surface area contributed by atoms with Crippen LogP contribution >= 0.6 is 0 Å². The Morgan fingerprint density at radius 1 is 1.42 bits per heavy atom. The third kappa shape index (κ3) is 2.19. The molecule has 0 aromatic heterocycles. The summed E-state index contributed by atoms with van der Waals surface area (Å²) >= 11 is 0. The van der Waals surface area contributed by atoms with E-state index < -0.39 is 37.8 Å². The second-order valence-corrected chi connectivity index (χ2v) is 6.53. The molecule has 0 amide bonds. The molecule has 0 atom stereocenters. The number of anilines is 1. The highest BCUT2D eigenvalue weighted by atomic mass is 32.2. The summed E-state index contributed by atoms with van der Waals surface area (Å²) in [7, 11) is -4.10. The molecule has 1 aliphatic heterocycles. The van der Waals surface area contributed by atoms with Crippen molar-refractivity contribution in [2.45, 2.75) is 23.8 Å². The van der Waals surface area contributed by atoms with Crippen LogP contribution in [-0.4, -0.2) is 36.5 Å². The van der Waals surface area contributed by atoms with E-state index in [1.54, 1.807) is 6.92 Å². The van der Waals surface area contributed by atoms with Crippen molar-refractivity contribution < 1.29 is 22.3 Å². The molecule has 0 radical (unpaired) electrons. The molecule has 2 rings (SSSR count). The minimum absolute atomic E-state index is 0.109. The Kier molecular flexibility index (Phi) is 3.28. The molecule has 106 valence electrons. The first-order chi connectivity index (χ1) is 8.71. The summed E-state index contributed by atoms with van der Waals surface area (Å²) in [5, 5.41) is 9.78. The Balaban J connectivity index is 2.35. The molecule has 1 fully saturated rings.